The average Bonchev–Trinajstić information content (AvgIpc) is 3.27. The zero-order chi connectivity index (χ0) is 26.5. The lowest BCUT2D eigenvalue weighted by Crippen LogP contribution is -2.12. The molecule has 3 aromatic carbocycles. The van der Waals surface area contributed by atoms with E-state index in [9.17, 15) is 36.2 Å². The van der Waals surface area contributed by atoms with Gasteiger partial charge in [-0.05, 0) is 30.3 Å². The van der Waals surface area contributed by atoms with Crippen molar-refractivity contribution in [3.63, 3.8) is 0 Å². The third-order valence-corrected chi connectivity index (χ3v) is 5.58. The minimum atomic E-state index is -5.00. The maximum absolute atomic E-state index is 13.3. The molecule has 2 aromatic heterocycles. The minimum Gasteiger partial charge on any atom is -0.476 e. The molecule has 0 atom stereocenters. The molecule has 13 heteroatoms. The molecule has 188 valence electrons. The largest absolute Gasteiger partial charge is 0.476 e. The van der Waals surface area contributed by atoms with Crippen LogP contribution in [-0.2, 0) is 12.4 Å². The summed E-state index contributed by atoms with van der Waals surface area (Å²) in [7, 11) is 0. The summed E-state index contributed by atoms with van der Waals surface area (Å²) in [5.74, 6) is -1.26. The lowest BCUT2D eigenvalue weighted by atomic mass is 10.0. The molecular weight excluding hydrogens is 504 g/mol. The van der Waals surface area contributed by atoms with E-state index < -0.39 is 35.1 Å². The van der Waals surface area contributed by atoms with Crippen LogP contribution in [0.15, 0.2) is 60.7 Å². The Bertz CT molecular complexity index is 1640. The summed E-state index contributed by atoms with van der Waals surface area (Å²) in [6.45, 7) is 0. The molecule has 0 spiro atoms. The van der Waals surface area contributed by atoms with Crippen molar-refractivity contribution in [2.24, 2.45) is 0 Å². The van der Waals surface area contributed by atoms with Gasteiger partial charge in [-0.25, -0.2) is 4.79 Å². The van der Waals surface area contributed by atoms with Gasteiger partial charge in [-0.3, -0.25) is 5.10 Å². The molecule has 0 amide bonds. The van der Waals surface area contributed by atoms with Gasteiger partial charge in [0.05, 0.1) is 16.6 Å². The fourth-order valence-electron chi connectivity index (χ4n) is 3.90. The highest BCUT2D eigenvalue weighted by molar-refractivity contribution is 6.04. The number of aromatic amines is 1. The van der Waals surface area contributed by atoms with Gasteiger partial charge in [-0.15, -0.1) is 10.2 Å². The first-order chi connectivity index (χ1) is 17.4. The Labute approximate surface area is 202 Å². The van der Waals surface area contributed by atoms with Crippen LogP contribution < -0.4 is 5.32 Å². The summed E-state index contributed by atoms with van der Waals surface area (Å²) >= 11 is 0. The van der Waals surface area contributed by atoms with Gasteiger partial charge in [0.15, 0.2) is 11.5 Å². The number of alkyl halides is 6. The lowest BCUT2D eigenvalue weighted by molar-refractivity contribution is -0.143. The maximum Gasteiger partial charge on any atom is 0.416 e. The van der Waals surface area contributed by atoms with Crippen molar-refractivity contribution >= 4 is 39.1 Å². The van der Waals surface area contributed by atoms with Gasteiger partial charge in [0, 0.05) is 27.4 Å². The summed E-state index contributed by atoms with van der Waals surface area (Å²) in [6.07, 6.45) is -10.00. The van der Waals surface area contributed by atoms with Gasteiger partial charge >= 0.3 is 18.3 Å². The van der Waals surface area contributed by atoms with Crippen LogP contribution in [0.25, 0.3) is 32.9 Å². The molecule has 0 saturated carbocycles. The molecule has 0 saturated heterocycles. The number of halogens is 6. The van der Waals surface area contributed by atoms with Crippen LogP contribution in [0.5, 0.6) is 0 Å². The van der Waals surface area contributed by atoms with E-state index in [1.54, 1.807) is 42.5 Å². The molecule has 0 unspecified atom stereocenters. The lowest BCUT2D eigenvalue weighted by Gasteiger charge is -2.16. The highest BCUT2D eigenvalue weighted by Gasteiger charge is 2.37. The summed E-state index contributed by atoms with van der Waals surface area (Å²) in [4.78, 5) is 11.3. The number of aromatic carboxylic acids is 1. The number of nitrogens with one attached hydrogen (secondary N) is 2. The topological polar surface area (TPSA) is 104 Å². The van der Waals surface area contributed by atoms with E-state index in [4.69, 9.17) is 0 Å². The highest BCUT2D eigenvalue weighted by atomic mass is 19.4. The first-order valence-corrected chi connectivity index (χ1v) is 10.5. The predicted molar refractivity (Wildman–Crippen MR) is 121 cm³/mol. The summed E-state index contributed by atoms with van der Waals surface area (Å²) in [5.41, 5.74) is -2.24. The molecule has 37 heavy (non-hydrogen) atoms. The van der Waals surface area contributed by atoms with E-state index in [1.807, 2.05) is 0 Å². The number of benzene rings is 3. The smallest absolute Gasteiger partial charge is 0.416 e. The minimum absolute atomic E-state index is 0.0411. The van der Waals surface area contributed by atoms with Crippen molar-refractivity contribution in [1.29, 1.82) is 0 Å². The van der Waals surface area contributed by atoms with Gasteiger partial charge < -0.3 is 10.4 Å². The molecule has 0 radical (unpaired) electrons. The Morgan fingerprint density at radius 1 is 0.811 bits per heavy atom. The number of hydrogen-bond acceptors (Lipinski definition) is 5. The number of carboxylic acid groups (broad SMARTS) is 1. The van der Waals surface area contributed by atoms with Crippen molar-refractivity contribution in [3.05, 3.63) is 77.5 Å². The van der Waals surface area contributed by atoms with Gasteiger partial charge in [-0.1, -0.05) is 30.3 Å². The first kappa shape index (κ1) is 24.0. The highest BCUT2D eigenvalue weighted by Crippen LogP contribution is 2.39. The maximum atomic E-state index is 13.3. The Morgan fingerprint density at radius 2 is 1.46 bits per heavy atom. The third-order valence-electron chi connectivity index (χ3n) is 5.58. The molecule has 5 aromatic rings. The van der Waals surface area contributed by atoms with E-state index in [0.29, 0.717) is 45.1 Å². The van der Waals surface area contributed by atoms with Gasteiger partial charge in [0.25, 0.3) is 0 Å². The Balaban J connectivity index is 1.60. The molecule has 0 aliphatic carbocycles. The summed E-state index contributed by atoms with van der Waals surface area (Å²) < 4.78 is 79.6. The molecule has 0 aliphatic heterocycles. The van der Waals surface area contributed by atoms with Gasteiger partial charge in [0.1, 0.15) is 5.69 Å². The van der Waals surface area contributed by atoms with Crippen molar-refractivity contribution in [1.82, 2.24) is 20.4 Å². The number of aromatic nitrogens is 4. The van der Waals surface area contributed by atoms with E-state index in [0.717, 1.165) is 0 Å². The van der Waals surface area contributed by atoms with Crippen molar-refractivity contribution in [3.8, 4) is 11.3 Å². The molecule has 5 rings (SSSR count). The number of H-pyrrole nitrogens is 1. The number of nitrogens with zero attached hydrogens (tertiary/aromatic N) is 3. The average molecular weight is 517 g/mol. The third kappa shape index (κ3) is 4.50. The molecule has 7 nitrogen and oxygen atoms in total. The van der Waals surface area contributed by atoms with Crippen molar-refractivity contribution in [2.45, 2.75) is 12.4 Å². The second-order valence-electron chi connectivity index (χ2n) is 8.00. The van der Waals surface area contributed by atoms with E-state index >= 15 is 0 Å². The van der Waals surface area contributed by atoms with Crippen LogP contribution in [0, 0.1) is 0 Å². The summed E-state index contributed by atoms with van der Waals surface area (Å²) in [6, 6.07) is 12.5. The monoisotopic (exact) mass is 517 g/mol. The molecule has 0 aliphatic rings. The van der Waals surface area contributed by atoms with E-state index in [1.165, 1.54) is 0 Å². The van der Waals surface area contributed by atoms with Crippen LogP contribution in [0.2, 0.25) is 0 Å². The van der Waals surface area contributed by atoms with Crippen LogP contribution in [0.1, 0.15) is 21.6 Å². The Kier molecular flexibility index (Phi) is 5.50. The van der Waals surface area contributed by atoms with Gasteiger partial charge in [-0.2, -0.15) is 31.4 Å². The van der Waals surface area contributed by atoms with E-state index in [2.05, 4.69) is 25.7 Å². The Hall–Kier alpha value is -4.68. The van der Waals surface area contributed by atoms with Crippen molar-refractivity contribution in [2.75, 3.05) is 5.32 Å². The molecule has 3 N–H and O–H groups in total. The number of rotatable bonds is 4. The number of fused-ring (bicyclic) bond motifs is 2. The SMILES string of the molecule is O=C(O)c1n[nH]c2cc(-c3nnc(Nc4cc(C(F)(F)F)cc(C(F)(F)F)c4)c4ccccc34)ccc12. The second kappa shape index (κ2) is 8.47. The number of carbonyl (C=O) groups is 1. The molecule has 0 bridgehead atoms. The van der Waals surface area contributed by atoms with Gasteiger partial charge in [0.2, 0.25) is 0 Å². The van der Waals surface area contributed by atoms with Crippen LogP contribution >= 0.6 is 0 Å². The fraction of sp³-hybridized carbons (Fsp3) is 0.0833. The molecule has 2 heterocycles. The molecular formula is C24H13F6N5O2. The second-order valence-corrected chi connectivity index (χ2v) is 8.00. The normalized spacial score (nSPS) is 12.3. The number of anilines is 2. The quantitative estimate of drug-likeness (QED) is 0.231. The van der Waals surface area contributed by atoms with Crippen LogP contribution in [-0.4, -0.2) is 31.5 Å². The Morgan fingerprint density at radius 3 is 2.08 bits per heavy atom. The van der Waals surface area contributed by atoms with Crippen molar-refractivity contribution < 1.29 is 36.2 Å². The zero-order valence-electron chi connectivity index (χ0n) is 18.2. The zero-order valence-corrected chi connectivity index (χ0v) is 18.2. The standard InChI is InChI=1S/C24H13F6N5O2/c25-23(26,27)12-8-13(24(28,29)30)10-14(9-12)31-21-16-4-2-1-3-15(16)19(33-35-21)11-5-6-17-18(7-11)32-34-20(17)22(36)37/h1-10H,(H,31,35)(H,32,34)(H,36,37). The first-order valence-electron chi connectivity index (χ1n) is 10.5. The fourth-order valence-corrected chi connectivity index (χ4v) is 3.90. The predicted octanol–water partition coefficient (Wildman–Crippen LogP) is 6.65. The van der Waals surface area contributed by atoms with Crippen LogP contribution in [0.4, 0.5) is 37.8 Å². The number of carboxylic acids is 1. The molecule has 0 fully saturated rings. The van der Waals surface area contributed by atoms with E-state index in [-0.39, 0.29) is 17.6 Å². The number of hydrogen-bond donors (Lipinski definition) is 3. The van der Waals surface area contributed by atoms with Crippen LogP contribution in [0.3, 0.4) is 0 Å². The summed E-state index contributed by atoms with van der Waals surface area (Å²) in [5, 5.41) is 27.6.